The molecule has 0 radical (unpaired) electrons. The molecule has 31 heavy (non-hydrogen) atoms. The van der Waals surface area contributed by atoms with Gasteiger partial charge in [-0.3, -0.25) is 14.4 Å². The number of hydrogen-bond acceptors (Lipinski definition) is 4. The van der Waals surface area contributed by atoms with Crippen molar-refractivity contribution in [3.63, 3.8) is 0 Å². The maximum absolute atomic E-state index is 13.6. The predicted octanol–water partition coefficient (Wildman–Crippen LogP) is 1.56. The fraction of sp³-hybridized carbons (Fsp3) is 0.625. The average molecular weight is 429 g/mol. The molecule has 0 aliphatic carbocycles. The minimum absolute atomic E-state index is 0.0138. The van der Waals surface area contributed by atoms with Crippen LogP contribution in [0.15, 0.2) is 30.3 Å². The highest BCUT2D eigenvalue weighted by Gasteiger charge is 2.39. The number of benzene rings is 1. The molecule has 2 fully saturated rings. The molecule has 2 aliphatic heterocycles. The Morgan fingerprint density at radius 2 is 1.81 bits per heavy atom. The molecule has 2 atom stereocenters. The molecule has 0 aromatic heterocycles. The van der Waals surface area contributed by atoms with Crippen molar-refractivity contribution in [1.29, 1.82) is 0 Å². The highest BCUT2D eigenvalue weighted by atomic mass is 16.2. The fourth-order valence-electron chi connectivity index (χ4n) is 4.74. The molecular formula is C24H36N4O3. The number of primary amides is 1. The molecule has 2 saturated heterocycles. The van der Waals surface area contributed by atoms with Gasteiger partial charge in [-0.05, 0) is 36.7 Å². The largest absolute Gasteiger partial charge is 0.370 e. The van der Waals surface area contributed by atoms with Crippen LogP contribution in [0.3, 0.4) is 0 Å². The summed E-state index contributed by atoms with van der Waals surface area (Å²) < 4.78 is 0. The van der Waals surface area contributed by atoms with E-state index in [0.717, 1.165) is 24.8 Å². The molecule has 0 spiro atoms. The SMILES string of the molecule is CC(C)C[C@@H]1NCCN([C@@H](Cc2ccccc2)C(=O)N2CCC(CC(N)=O)CC2)C1=O. The number of carbonyl (C=O) groups is 3. The van der Waals surface area contributed by atoms with Crippen LogP contribution in [0.25, 0.3) is 0 Å². The van der Waals surface area contributed by atoms with Gasteiger partial charge in [-0.1, -0.05) is 44.2 Å². The lowest BCUT2D eigenvalue weighted by atomic mass is 9.92. The van der Waals surface area contributed by atoms with Gasteiger partial charge in [0, 0.05) is 39.0 Å². The first-order chi connectivity index (χ1) is 14.8. The molecule has 7 nitrogen and oxygen atoms in total. The Kier molecular flexibility index (Phi) is 8.07. The number of nitrogens with two attached hydrogens (primary N) is 1. The lowest BCUT2D eigenvalue weighted by Gasteiger charge is -2.41. The Labute approximate surface area is 185 Å². The maximum Gasteiger partial charge on any atom is 0.245 e. The van der Waals surface area contributed by atoms with Crippen LogP contribution < -0.4 is 11.1 Å². The number of piperidine rings is 1. The second kappa shape index (κ2) is 10.8. The van der Waals surface area contributed by atoms with E-state index in [9.17, 15) is 14.4 Å². The van der Waals surface area contributed by atoms with E-state index in [2.05, 4.69) is 19.2 Å². The summed E-state index contributed by atoms with van der Waals surface area (Å²) in [5.74, 6) is 0.395. The maximum atomic E-state index is 13.6. The second-order valence-corrected chi connectivity index (χ2v) is 9.31. The summed E-state index contributed by atoms with van der Waals surface area (Å²) >= 11 is 0. The molecule has 3 amide bonds. The summed E-state index contributed by atoms with van der Waals surface area (Å²) in [5.41, 5.74) is 6.39. The third-order valence-corrected chi connectivity index (χ3v) is 6.38. The minimum atomic E-state index is -0.501. The molecule has 3 N–H and O–H groups in total. The van der Waals surface area contributed by atoms with E-state index in [4.69, 9.17) is 5.73 Å². The van der Waals surface area contributed by atoms with Crippen LogP contribution in [0.5, 0.6) is 0 Å². The van der Waals surface area contributed by atoms with Gasteiger partial charge in [0.2, 0.25) is 17.7 Å². The predicted molar refractivity (Wildman–Crippen MR) is 120 cm³/mol. The molecule has 7 heteroatoms. The molecule has 0 saturated carbocycles. The van der Waals surface area contributed by atoms with Gasteiger partial charge in [-0.25, -0.2) is 0 Å². The normalized spacial score (nSPS) is 21.4. The number of amides is 3. The number of carbonyl (C=O) groups excluding carboxylic acids is 3. The van der Waals surface area contributed by atoms with E-state index in [1.54, 1.807) is 4.90 Å². The molecule has 3 rings (SSSR count). The van der Waals surface area contributed by atoms with Gasteiger partial charge >= 0.3 is 0 Å². The number of nitrogens with one attached hydrogen (secondary N) is 1. The summed E-state index contributed by atoms with van der Waals surface area (Å²) in [5, 5.41) is 3.33. The van der Waals surface area contributed by atoms with Gasteiger partial charge < -0.3 is 20.9 Å². The standard InChI is InChI=1S/C24H36N4O3/c1-17(2)14-20-23(30)28(13-10-26-20)21(15-18-6-4-3-5-7-18)24(31)27-11-8-19(9-12-27)16-22(25)29/h3-7,17,19-21,26H,8-16H2,1-2H3,(H2,25,29)/t20-,21-/m0/s1. The smallest absolute Gasteiger partial charge is 0.245 e. The first-order valence-corrected chi connectivity index (χ1v) is 11.5. The lowest BCUT2D eigenvalue weighted by Crippen LogP contribution is -2.62. The van der Waals surface area contributed by atoms with Crippen molar-refractivity contribution >= 4 is 17.7 Å². The van der Waals surface area contributed by atoms with Crippen molar-refractivity contribution in [2.45, 2.75) is 58.0 Å². The highest BCUT2D eigenvalue weighted by Crippen LogP contribution is 2.23. The molecule has 2 aliphatic rings. The van der Waals surface area contributed by atoms with Crippen molar-refractivity contribution in [2.24, 2.45) is 17.6 Å². The van der Waals surface area contributed by atoms with Crippen molar-refractivity contribution in [3.8, 4) is 0 Å². The summed E-state index contributed by atoms with van der Waals surface area (Å²) in [4.78, 5) is 41.8. The zero-order chi connectivity index (χ0) is 22.4. The first-order valence-electron chi connectivity index (χ1n) is 11.5. The van der Waals surface area contributed by atoms with Gasteiger partial charge in [-0.15, -0.1) is 0 Å². The van der Waals surface area contributed by atoms with E-state index in [0.29, 0.717) is 44.9 Å². The summed E-state index contributed by atoms with van der Waals surface area (Å²) in [6.45, 7) is 6.67. The highest BCUT2D eigenvalue weighted by molar-refractivity contribution is 5.90. The van der Waals surface area contributed by atoms with Crippen LogP contribution in [0, 0.1) is 11.8 Å². The molecule has 0 bridgehead atoms. The van der Waals surface area contributed by atoms with Gasteiger partial charge in [0.25, 0.3) is 0 Å². The van der Waals surface area contributed by atoms with Crippen molar-refractivity contribution in [3.05, 3.63) is 35.9 Å². The monoisotopic (exact) mass is 428 g/mol. The van der Waals surface area contributed by atoms with E-state index in [-0.39, 0.29) is 29.7 Å². The molecule has 170 valence electrons. The number of rotatable bonds is 8. The zero-order valence-corrected chi connectivity index (χ0v) is 18.8. The average Bonchev–Trinajstić information content (AvgIpc) is 2.74. The number of likely N-dealkylation sites (tertiary alicyclic amines) is 1. The number of hydrogen-bond donors (Lipinski definition) is 2. The van der Waals surface area contributed by atoms with Gasteiger partial charge in [-0.2, -0.15) is 0 Å². The number of nitrogens with zero attached hydrogens (tertiary/aromatic N) is 2. The quantitative estimate of drug-likeness (QED) is 0.657. The van der Waals surface area contributed by atoms with Gasteiger partial charge in [0.15, 0.2) is 0 Å². The van der Waals surface area contributed by atoms with Crippen LogP contribution >= 0.6 is 0 Å². The van der Waals surface area contributed by atoms with E-state index < -0.39 is 6.04 Å². The Morgan fingerprint density at radius 3 is 2.42 bits per heavy atom. The Morgan fingerprint density at radius 1 is 1.13 bits per heavy atom. The Balaban J connectivity index is 1.76. The molecule has 2 heterocycles. The molecule has 1 aromatic carbocycles. The first kappa shape index (κ1) is 23.3. The molecule has 1 aromatic rings. The Bertz CT molecular complexity index is 759. The summed E-state index contributed by atoms with van der Waals surface area (Å²) in [6, 6.07) is 9.18. The van der Waals surface area contributed by atoms with Gasteiger partial charge in [0.05, 0.1) is 6.04 Å². The second-order valence-electron chi connectivity index (χ2n) is 9.31. The van der Waals surface area contributed by atoms with Crippen molar-refractivity contribution < 1.29 is 14.4 Å². The summed E-state index contributed by atoms with van der Waals surface area (Å²) in [6.07, 6.45) is 3.21. The molecular weight excluding hydrogens is 392 g/mol. The van der Waals surface area contributed by atoms with E-state index in [1.807, 2.05) is 35.2 Å². The Hall–Kier alpha value is -2.41. The third-order valence-electron chi connectivity index (χ3n) is 6.38. The van der Waals surface area contributed by atoms with Crippen LogP contribution in [0.2, 0.25) is 0 Å². The van der Waals surface area contributed by atoms with Crippen molar-refractivity contribution in [1.82, 2.24) is 15.1 Å². The van der Waals surface area contributed by atoms with Crippen LogP contribution in [-0.4, -0.2) is 65.8 Å². The van der Waals surface area contributed by atoms with Crippen LogP contribution in [-0.2, 0) is 20.8 Å². The summed E-state index contributed by atoms with van der Waals surface area (Å²) in [7, 11) is 0. The minimum Gasteiger partial charge on any atom is -0.370 e. The third kappa shape index (κ3) is 6.29. The topological polar surface area (TPSA) is 95.7 Å². The van der Waals surface area contributed by atoms with E-state index >= 15 is 0 Å². The van der Waals surface area contributed by atoms with Crippen molar-refractivity contribution in [2.75, 3.05) is 26.2 Å². The van der Waals surface area contributed by atoms with E-state index in [1.165, 1.54) is 0 Å². The van der Waals surface area contributed by atoms with Gasteiger partial charge in [0.1, 0.15) is 6.04 Å². The fourth-order valence-corrected chi connectivity index (χ4v) is 4.74. The number of piperazine rings is 1. The zero-order valence-electron chi connectivity index (χ0n) is 18.8. The van der Waals surface area contributed by atoms with Crippen LogP contribution in [0.1, 0.15) is 45.1 Å². The van der Waals surface area contributed by atoms with Crippen LogP contribution in [0.4, 0.5) is 0 Å². The lowest BCUT2D eigenvalue weighted by molar-refractivity contribution is -0.149. The molecule has 0 unspecified atom stereocenters.